The second kappa shape index (κ2) is 4.00. The molecule has 2 rings (SSSR count). The third-order valence-corrected chi connectivity index (χ3v) is 2.16. The molecule has 0 saturated carbocycles. The van der Waals surface area contributed by atoms with Crippen LogP contribution in [0.3, 0.4) is 0 Å². The van der Waals surface area contributed by atoms with Gasteiger partial charge in [-0.3, -0.25) is 0 Å². The lowest BCUT2D eigenvalue weighted by atomic mass is 10.2. The minimum Gasteiger partial charge on any atom is -0.392 e. The van der Waals surface area contributed by atoms with Gasteiger partial charge in [-0.2, -0.15) is 5.10 Å². The number of aromatic nitrogens is 3. The Morgan fingerprint density at radius 3 is 2.87 bits per heavy atom. The lowest BCUT2D eigenvalue weighted by Gasteiger charge is -2.04. The number of pyridine rings is 1. The van der Waals surface area contributed by atoms with Crippen LogP contribution in [0.5, 0.6) is 0 Å². The predicted molar refractivity (Wildman–Crippen MR) is 57.0 cm³/mol. The molecule has 0 fully saturated rings. The van der Waals surface area contributed by atoms with Gasteiger partial charge < -0.3 is 5.11 Å². The number of hydrogen-bond acceptors (Lipinski definition) is 3. The van der Waals surface area contributed by atoms with Crippen molar-refractivity contribution in [2.75, 3.05) is 0 Å². The number of rotatable bonds is 2. The molecule has 0 amide bonds. The van der Waals surface area contributed by atoms with Crippen molar-refractivity contribution in [2.24, 2.45) is 0 Å². The number of hydrogen-bond donors (Lipinski definition) is 1. The lowest BCUT2D eigenvalue weighted by molar-refractivity contribution is 0.281. The van der Waals surface area contributed by atoms with Crippen molar-refractivity contribution in [3.05, 3.63) is 40.8 Å². The van der Waals surface area contributed by atoms with Crippen LogP contribution in [0.1, 0.15) is 11.3 Å². The quantitative estimate of drug-likeness (QED) is 0.844. The maximum Gasteiger partial charge on any atom is 0.153 e. The summed E-state index contributed by atoms with van der Waals surface area (Å²) in [5.74, 6) is 0.658. The van der Waals surface area contributed by atoms with Crippen molar-refractivity contribution in [3.63, 3.8) is 0 Å². The van der Waals surface area contributed by atoms with E-state index in [4.69, 9.17) is 16.7 Å². The van der Waals surface area contributed by atoms with Gasteiger partial charge in [-0.25, -0.2) is 9.67 Å². The van der Waals surface area contributed by atoms with Crippen LogP contribution < -0.4 is 0 Å². The summed E-state index contributed by atoms with van der Waals surface area (Å²) < 4.78 is 1.58. The normalized spacial score (nSPS) is 10.6. The Hall–Kier alpha value is -1.39. The Morgan fingerprint density at radius 2 is 2.27 bits per heavy atom. The molecule has 15 heavy (non-hydrogen) atoms. The Labute approximate surface area is 92.1 Å². The van der Waals surface area contributed by atoms with Crippen LogP contribution in [0.15, 0.2) is 24.5 Å². The third-order valence-electron chi connectivity index (χ3n) is 1.97. The standard InChI is InChI=1S/C10H10ClN3O/c1-7-2-8(6-15)3-10(13-7)14-5-9(11)4-12-14/h2-5,15H,6H2,1H3. The molecule has 0 unspecified atom stereocenters. The van der Waals surface area contributed by atoms with Gasteiger partial charge in [-0.15, -0.1) is 0 Å². The molecule has 0 aliphatic rings. The maximum absolute atomic E-state index is 9.06. The molecule has 0 spiro atoms. The Balaban J connectivity index is 2.48. The summed E-state index contributed by atoms with van der Waals surface area (Å²) in [6, 6.07) is 3.60. The zero-order valence-corrected chi connectivity index (χ0v) is 8.94. The highest BCUT2D eigenvalue weighted by atomic mass is 35.5. The second-order valence-corrected chi connectivity index (χ2v) is 3.67. The van der Waals surface area contributed by atoms with E-state index in [2.05, 4.69) is 10.1 Å². The molecule has 2 heterocycles. The molecule has 2 aromatic heterocycles. The zero-order valence-electron chi connectivity index (χ0n) is 8.18. The second-order valence-electron chi connectivity index (χ2n) is 3.24. The molecule has 1 N–H and O–H groups in total. The van der Waals surface area contributed by atoms with Gasteiger partial charge in [0.15, 0.2) is 5.82 Å². The molecule has 0 bridgehead atoms. The molecule has 5 heteroatoms. The number of aryl methyl sites for hydroxylation is 1. The van der Waals surface area contributed by atoms with Crippen LogP contribution in [-0.4, -0.2) is 19.9 Å². The number of nitrogens with zero attached hydrogens (tertiary/aromatic N) is 3. The van der Waals surface area contributed by atoms with E-state index in [0.29, 0.717) is 10.8 Å². The molecule has 0 radical (unpaired) electrons. The first-order valence-electron chi connectivity index (χ1n) is 4.48. The van der Waals surface area contributed by atoms with Crippen molar-refractivity contribution in [3.8, 4) is 5.82 Å². The molecule has 2 aromatic rings. The van der Waals surface area contributed by atoms with Crippen LogP contribution in [0.2, 0.25) is 5.02 Å². The van der Waals surface area contributed by atoms with Crippen molar-refractivity contribution >= 4 is 11.6 Å². The molecule has 78 valence electrons. The van der Waals surface area contributed by atoms with Crippen LogP contribution >= 0.6 is 11.6 Å². The fourth-order valence-corrected chi connectivity index (χ4v) is 1.49. The maximum atomic E-state index is 9.06. The molecule has 4 nitrogen and oxygen atoms in total. The molecular formula is C10H10ClN3O. The van der Waals surface area contributed by atoms with Crippen LogP contribution in [0.25, 0.3) is 5.82 Å². The first-order chi connectivity index (χ1) is 7.19. The predicted octanol–water partition coefficient (Wildman–Crippen LogP) is 1.72. The van der Waals surface area contributed by atoms with Crippen molar-refractivity contribution in [2.45, 2.75) is 13.5 Å². The largest absolute Gasteiger partial charge is 0.392 e. The minimum absolute atomic E-state index is 0.00857. The summed E-state index contributed by atoms with van der Waals surface area (Å²) in [5.41, 5.74) is 1.65. The van der Waals surface area contributed by atoms with Gasteiger partial charge in [0.1, 0.15) is 0 Å². The number of aliphatic hydroxyl groups is 1. The average molecular weight is 224 g/mol. The Kier molecular flexibility index (Phi) is 2.70. The van der Waals surface area contributed by atoms with Crippen LogP contribution in [0, 0.1) is 6.92 Å². The van der Waals surface area contributed by atoms with Gasteiger partial charge in [-0.05, 0) is 24.6 Å². The summed E-state index contributed by atoms with van der Waals surface area (Å²) in [6.07, 6.45) is 3.22. The molecular weight excluding hydrogens is 214 g/mol. The van der Waals surface area contributed by atoms with E-state index in [0.717, 1.165) is 11.3 Å². The van der Waals surface area contributed by atoms with E-state index in [1.807, 2.05) is 13.0 Å². The Morgan fingerprint density at radius 1 is 1.47 bits per heavy atom. The van der Waals surface area contributed by atoms with Crippen molar-refractivity contribution in [1.29, 1.82) is 0 Å². The summed E-state index contributed by atoms with van der Waals surface area (Å²) in [7, 11) is 0. The van der Waals surface area contributed by atoms with E-state index in [-0.39, 0.29) is 6.61 Å². The number of halogens is 1. The van der Waals surface area contributed by atoms with Gasteiger partial charge in [-0.1, -0.05) is 11.6 Å². The average Bonchev–Trinajstić information content (AvgIpc) is 2.64. The SMILES string of the molecule is Cc1cc(CO)cc(-n2cc(Cl)cn2)n1. The highest BCUT2D eigenvalue weighted by Gasteiger charge is 2.03. The van der Waals surface area contributed by atoms with Gasteiger partial charge in [0.2, 0.25) is 0 Å². The van der Waals surface area contributed by atoms with E-state index in [1.165, 1.54) is 0 Å². The van der Waals surface area contributed by atoms with E-state index < -0.39 is 0 Å². The highest BCUT2D eigenvalue weighted by Crippen LogP contribution is 2.12. The van der Waals surface area contributed by atoms with Crippen LogP contribution in [0.4, 0.5) is 0 Å². The van der Waals surface area contributed by atoms with Gasteiger partial charge in [0.05, 0.1) is 24.0 Å². The summed E-state index contributed by atoms with van der Waals surface area (Å²) in [6.45, 7) is 1.86. The van der Waals surface area contributed by atoms with Gasteiger partial charge in [0, 0.05) is 5.69 Å². The van der Waals surface area contributed by atoms with Crippen LogP contribution in [-0.2, 0) is 6.61 Å². The molecule has 0 aliphatic heterocycles. The molecule has 0 saturated heterocycles. The monoisotopic (exact) mass is 223 g/mol. The van der Waals surface area contributed by atoms with E-state index in [9.17, 15) is 0 Å². The van der Waals surface area contributed by atoms with Crippen molar-refractivity contribution in [1.82, 2.24) is 14.8 Å². The molecule has 0 aromatic carbocycles. The molecule has 0 aliphatic carbocycles. The first-order valence-corrected chi connectivity index (χ1v) is 4.86. The Bertz CT molecular complexity index is 481. The summed E-state index contributed by atoms with van der Waals surface area (Å²) in [5, 5.41) is 13.7. The smallest absolute Gasteiger partial charge is 0.153 e. The fraction of sp³-hybridized carbons (Fsp3) is 0.200. The van der Waals surface area contributed by atoms with Gasteiger partial charge >= 0.3 is 0 Å². The third kappa shape index (κ3) is 2.16. The van der Waals surface area contributed by atoms with Gasteiger partial charge in [0.25, 0.3) is 0 Å². The van der Waals surface area contributed by atoms with E-state index in [1.54, 1.807) is 23.1 Å². The topological polar surface area (TPSA) is 50.9 Å². The summed E-state index contributed by atoms with van der Waals surface area (Å²) in [4.78, 5) is 4.30. The minimum atomic E-state index is -0.00857. The van der Waals surface area contributed by atoms with Crippen molar-refractivity contribution < 1.29 is 5.11 Å². The summed E-state index contributed by atoms with van der Waals surface area (Å²) >= 11 is 5.76. The number of aliphatic hydroxyl groups excluding tert-OH is 1. The first kappa shape index (κ1) is 10.1. The molecule has 0 atom stereocenters. The fourth-order valence-electron chi connectivity index (χ4n) is 1.36. The lowest BCUT2D eigenvalue weighted by Crippen LogP contribution is -2.01. The van der Waals surface area contributed by atoms with E-state index >= 15 is 0 Å². The zero-order chi connectivity index (χ0) is 10.8. The highest BCUT2D eigenvalue weighted by molar-refractivity contribution is 6.30.